The van der Waals surface area contributed by atoms with Crippen LogP contribution in [0.25, 0.3) is 0 Å². The van der Waals surface area contributed by atoms with Crippen LogP contribution in [0.15, 0.2) is 18.2 Å². The molecule has 2 N–H and O–H groups in total. The molecule has 1 saturated heterocycles. The predicted octanol–water partition coefficient (Wildman–Crippen LogP) is 1.77. The molecule has 1 heterocycles. The molecular formula is C14H20ClN3O. The number of hydrogen-bond donors (Lipinski definition) is 2. The van der Waals surface area contributed by atoms with Crippen LogP contribution in [0.5, 0.6) is 0 Å². The van der Waals surface area contributed by atoms with Crippen LogP contribution >= 0.6 is 11.6 Å². The van der Waals surface area contributed by atoms with Crippen molar-refractivity contribution in [3.63, 3.8) is 0 Å². The quantitative estimate of drug-likeness (QED) is 0.884. The van der Waals surface area contributed by atoms with Crippen molar-refractivity contribution in [3.8, 4) is 0 Å². The maximum atomic E-state index is 11.1. The van der Waals surface area contributed by atoms with Crippen molar-refractivity contribution >= 4 is 23.2 Å². The molecule has 19 heavy (non-hydrogen) atoms. The van der Waals surface area contributed by atoms with Crippen molar-refractivity contribution in [2.24, 2.45) is 0 Å². The summed E-state index contributed by atoms with van der Waals surface area (Å²) in [5.41, 5.74) is 2.28. The highest BCUT2D eigenvalue weighted by Gasteiger charge is 2.25. The third-order valence-electron chi connectivity index (χ3n) is 3.35. The maximum Gasteiger partial charge on any atom is 0.217 e. The molecule has 1 fully saturated rings. The van der Waals surface area contributed by atoms with Crippen molar-refractivity contribution in [2.75, 3.05) is 25.0 Å². The fraction of sp³-hybridized carbons (Fsp3) is 0.500. The van der Waals surface area contributed by atoms with Gasteiger partial charge in [-0.2, -0.15) is 0 Å². The average molecular weight is 282 g/mol. The second-order valence-electron chi connectivity index (χ2n) is 4.91. The zero-order chi connectivity index (χ0) is 13.8. The Morgan fingerprint density at radius 2 is 2.32 bits per heavy atom. The van der Waals surface area contributed by atoms with Gasteiger partial charge in [0, 0.05) is 32.6 Å². The number of anilines is 1. The van der Waals surface area contributed by atoms with Gasteiger partial charge in [-0.05, 0) is 25.1 Å². The highest BCUT2D eigenvalue weighted by Crippen LogP contribution is 2.32. The predicted molar refractivity (Wildman–Crippen MR) is 78.7 cm³/mol. The Kier molecular flexibility index (Phi) is 4.66. The number of benzene rings is 1. The number of rotatable bonds is 4. The van der Waals surface area contributed by atoms with E-state index < -0.39 is 0 Å². The van der Waals surface area contributed by atoms with E-state index in [4.69, 9.17) is 11.6 Å². The van der Waals surface area contributed by atoms with Gasteiger partial charge in [0.05, 0.1) is 10.7 Å². The molecule has 0 aromatic heterocycles. The molecule has 1 aromatic carbocycles. The van der Waals surface area contributed by atoms with Crippen molar-refractivity contribution in [3.05, 3.63) is 28.8 Å². The maximum absolute atomic E-state index is 11.1. The van der Waals surface area contributed by atoms with Gasteiger partial charge in [-0.15, -0.1) is 0 Å². The number of para-hydroxylation sites is 1. The number of nitrogens with zero attached hydrogens (tertiary/aromatic N) is 1. The number of nitrogens with one attached hydrogen (secondary N) is 2. The summed E-state index contributed by atoms with van der Waals surface area (Å²) in [6.45, 7) is 4.09. The Morgan fingerprint density at radius 3 is 3.00 bits per heavy atom. The second-order valence-corrected chi connectivity index (χ2v) is 5.32. The summed E-state index contributed by atoms with van der Waals surface area (Å²) in [6, 6.07) is 6.20. The van der Waals surface area contributed by atoms with E-state index in [9.17, 15) is 4.79 Å². The minimum atomic E-state index is 0.0291. The zero-order valence-corrected chi connectivity index (χ0v) is 12.1. The van der Waals surface area contributed by atoms with Crippen LogP contribution in [0.4, 0.5) is 5.69 Å². The molecule has 1 aliphatic rings. The van der Waals surface area contributed by atoms with Crippen LogP contribution in [0, 0.1) is 0 Å². The lowest BCUT2D eigenvalue weighted by molar-refractivity contribution is -0.119. The highest BCUT2D eigenvalue weighted by atomic mass is 35.5. The molecule has 1 amide bonds. The van der Waals surface area contributed by atoms with E-state index >= 15 is 0 Å². The van der Waals surface area contributed by atoms with E-state index in [0.29, 0.717) is 0 Å². The average Bonchev–Trinajstić information content (AvgIpc) is 2.77. The van der Waals surface area contributed by atoms with E-state index in [-0.39, 0.29) is 11.9 Å². The van der Waals surface area contributed by atoms with Crippen molar-refractivity contribution < 1.29 is 4.79 Å². The molecule has 0 aliphatic carbocycles. The number of halogens is 1. The number of hydrogen-bond acceptors (Lipinski definition) is 3. The lowest BCUT2D eigenvalue weighted by Crippen LogP contribution is -2.35. The summed E-state index contributed by atoms with van der Waals surface area (Å²) in [6.07, 6.45) is 0.962. The Bertz CT molecular complexity index is 464. The van der Waals surface area contributed by atoms with E-state index in [1.807, 2.05) is 19.2 Å². The molecule has 0 saturated carbocycles. The van der Waals surface area contributed by atoms with Gasteiger partial charge >= 0.3 is 0 Å². The number of amides is 1. The normalized spacial score (nSPS) is 18.7. The first-order chi connectivity index (χ1) is 9.11. The molecule has 0 spiro atoms. The third-order valence-corrected chi connectivity index (χ3v) is 3.65. The third kappa shape index (κ3) is 3.39. The minimum absolute atomic E-state index is 0.0291. The Balaban J connectivity index is 2.16. The molecule has 4 nitrogen and oxygen atoms in total. The largest absolute Gasteiger partial charge is 0.368 e. The van der Waals surface area contributed by atoms with Gasteiger partial charge in [-0.3, -0.25) is 4.79 Å². The summed E-state index contributed by atoms with van der Waals surface area (Å²) < 4.78 is 0. The molecule has 0 bridgehead atoms. The molecule has 1 atom stereocenters. The smallest absolute Gasteiger partial charge is 0.217 e. The fourth-order valence-corrected chi connectivity index (χ4v) is 2.93. The van der Waals surface area contributed by atoms with Crippen LogP contribution in [0.3, 0.4) is 0 Å². The summed E-state index contributed by atoms with van der Waals surface area (Å²) in [7, 11) is 1.93. The van der Waals surface area contributed by atoms with Crippen LogP contribution in [-0.2, 0) is 11.3 Å². The molecular weight excluding hydrogens is 262 g/mol. The van der Waals surface area contributed by atoms with Crippen LogP contribution in [0.2, 0.25) is 5.02 Å². The first kappa shape index (κ1) is 14.2. The summed E-state index contributed by atoms with van der Waals surface area (Å²) in [4.78, 5) is 13.4. The summed E-state index contributed by atoms with van der Waals surface area (Å²) in [5.74, 6) is 0.0291. The van der Waals surface area contributed by atoms with Crippen molar-refractivity contribution in [1.82, 2.24) is 10.6 Å². The lowest BCUT2D eigenvalue weighted by atomic mass is 10.1. The van der Waals surface area contributed by atoms with Gasteiger partial charge < -0.3 is 15.5 Å². The van der Waals surface area contributed by atoms with E-state index in [0.717, 1.165) is 36.8 Å². The SMILES string of the molecule is CNCc1cccc(Cl)c1N1CCC(NC(C)=O)C1. The fourth-order valence-electron chi connectivity index (χ4n) is 2.62. The number of carbonyl (C=O) groups is 1. The molecule has 1 unspecified atom stereocenters. The van der Waals surface area contributed by atoms with Crippen molar-refractivity contribution in [1.29, 1.82) is 0 Å². The Morgan fingerprint density at radius 1 is 1.53 bits per heavy atom. The van der Waals surface area contributed by atoms with Crippen LogP contribution in [-0.4, -0.2) is 32.1 Å². The Hall–Kier alpha value is -1.26. The topological polar surface area (TPSA) is 44.4 Å². The molecule has 104 valence electrons. The van der Waals surface area contributed by atoms with E-state index in [2.05, 4.69) is 21.6 Å². The van der Waals surface area contributed by atoms with Crippen LogP contribution in [0.1, 0.15) is 18.9 Å². The van der Waals surface area contributed by atoms with E-state index in [1.54, 1.807) is 6.92 Å². The second kappa shape index (κ2) is 6.26. The van der Waals surface area contributed by atoms with Gasteiger partial charge in [-0.25, -0.2) is 0 Å². The van der Waals surface area contributed by atoms with Gasteiger partial charge in [-0.1, -0.05) is 23.7 Å². The lowest BCUT2D eigenvalue weighted by Gasteiger charge is -2.23. The Labute approximate surface area is 119 Å². The van der Waals surface area contributed by atoms with Crippen LogP contribution < -0.4 is 15.5 Å². The molecule has 1 aliphatic heterocycles. The zero-order valence-electron chi connectivity index (χ0n) is 11.4. The number of carbonyl (C=O) groups excluding carboxylic acids is 1. The summed E-state index contributed by atoms with van der Waals surface area (Å²) >= 11 is 6.34. The molecule has 0 radical (unpaired) electrons. The first-order valence-electron chi connectivity index (χ1n) is 6.56. The first-order valence-corrected chi connectivity index (χ1v) is 6.93. The summed E-state index contributed by atoms with van der Waals surface area (Å²) in [5, 5.41) is 6.91. The van der Waals surface area contributed by atoms with Gasteiger partial charge in [0.15, 0.2) is 0 Å². The molecule has 1 aromatic rings. The van der Waals surface area contributed by atoms with Gasteiger partial charge in [0.1, 0.15) is 0 Å². The standard InChI is InChI=1S/C14H20ClN3O/c1-10(19)17-12-6-7-18(9-12)14-11(8-16-2)4-3-5-13(14)15/h3-5,12,16H,6-9H2,1-2H3,(H,17,19). The minimum Gasteiger partial charge on any atom is -0.368 e. The van der Waals surface area contributed by atoms with Gasteiger partial charge in [0.25, 0.3) is 0 Å². The highest BCUT2D eigenvalue weighted by molar-refractivity contribution is 6.33. The van der Waals surface area contributed by atoms with Crippen molar-refractivity contribution in [2.45, 2.75) is 25.9 Å². The monoisotopic (exact) mass is 281 g/mol. The van der Waals surface area contributed by atoms with E-state index in [1.165, 1.54) is 5.56 Å². The van der Waals surface area contributed by atoms with Gasteiger partial charge in [0.2, 0.25) is 5.91 Å². The molecule has 2 rings (SSSR count). The molecule has 5 heteroatoms.